The number of ketones is 1. The van der Waals surface area contributed by atoms with Crippen LogP contribution in [0.25, 0.3) is 10.1 Å². The molecule has 3 aromatic rings. The molecule has 0 saturated carbocycles. The van der Waals surface area contributed by atoms with E-state index in [1.165, 1.54) is 22.7 Å². The van der Waals surface area contributed by atoms with Crippen molar-refractivity contribution in [3.05, 3.63) is 55.0 Å². The van der Waals surface area contributed by atoms with Crippen molar-refractivity contribution < 1.29 is 9.59 Å². The summed E-state index contributed by atoms with van der Waals surface area (Å²) in [4.78, 5) is 30.7. The lowest BCUT2D eigenvalue weighted by Crippen LogP contribution is -2.48. The number of hydrogen-bond donors (Lipinski definition) is 0. The maximum Gasteiger partial charge on any atom is 0.265 e. The minimum atomic E-state index is 0. The Morgan fingerprint density at radius 1 is 1.00 bits per heavy atom. The number of benzene rings is 1. The number of Topliss-reactive ketones (excluding diaryl/α,β-unsaturated/α-hetero) is 1. The predicted molar refractivity (Wildman–Crippen MR) is 135 cm³/mol. The van der Waals surface area contributed by atoms with E-state index in [-0.39, 0.29) is 36.5 Å². The molecule has 0 N–H and O–H groups in total. The third-order valence-corrected chi connectivity index (χ3v) is 8.22. The number of rotatable bonds is 5. The average Bonchev–Trinajstić information content (AvgIpc) is 3.30. The van der Waals surface area contributed by atoms with Gasteiger partial charge in [-0.15, -0.1) is 47.5 Å². The lowest BCUT2D eigenvalue weighted by Gasteiger charge is -2.34. The highest BCUT2D eigenvalue weighted by molar-refractivity contribution is 9.11. The zero-order valence-electron chi connectivity index (χ0n) is 15.8. The first-order valence-electron chi connectivity index (χ1n) is 9.00. The topological polar surface area (TPSA) is 40.6 Å². The van der Waals surface area contributed by atoms with Crippen LogP contribution in [0.3, 0.4) is 0 Å². The Labute approximate surface area is 209 Å². The van der Waals surface area contributed by atoms with Gasteiger partial charge >= 0.3 is 0 Å². The zero-order valence-corrected chi connectivity index (χ0v) is 21.4. The van der Waals surface area contributed by atoms with Gasteiger partial charge in [-0.3, -0.25) is 14.5 Å². The molecule has 162 valence electrons. The van der Waals surface area contributed by atoms with Gasteiger partial charge in [-0.05, 0) is 34.1 Å². The second kappa shape index (κ2) is 11.3. The Kier molecular flexibility index (Phi) is 9.61. The number of fused-ring (bicyclic) bond motifs is 1. The highest BCUT2D eigenvalue weighted by atomic mass is 79.9. The molecule has 1 fully saturated rings. The fourth-order valence-electron chi connectivity index (χ4n) is 3.32. The lowest BCUT2D eigenvalue weighted by atomic mass is 10.2. The predicted octanol–water partition coefficient (Wildman–Crippen LogP) is 6.25. The molecule has 0 bridgehead atoms. The number of nitrogens with zero attached hydrogens (tertiary/aromatic N) is 2. The highest BCUT2D eigenvalue weighted by Crippen LogP contribution is 2.36. The first kappa shape index (κ1) is 25.6. The van der Waals surface area contributed by atoms with E-state index in [1.54, 1.807) is 0 Å². The molecule has 2 aromatic heterocycles. The normalized spacial score (nSPS) is 14.3. The van der Waals surface area contributed by atoms with E-state index in [0.717, 1.165) is 38.4 Å². The van der Waals surface area contributed by atoms with E-state index in [0.29, 0.717) is 29.4 Å². The summed E-state index contributed by atoms with van der Waals surface area (Å²) in [7, 11) is 0. The van der Waals surface area contributed by atoms with Crippen molar-refractivity contribution in [1.82, 2.24) is 9.80 Å². The van der Waals surface area contributed by atoms with Crippen LogP contribution in [0.1, 0.15) is 25.8 Å². The molecule has 1 saturated heterocycles. The van der Waals surface area contributed by atoms with Gasteiger partial charge in [-0.25, -0.2) is 0 Å². The Morgan fingerprint density at radius 2 is 1.70 bits per heavy atom. The molecule has 0 radical (unpaired) electrons. The SMILES string of the molecule is Cl.Cl.O=C(CCN1CCN(C(=O)c2sc3ccccc3c2Cl)CC1)c1ccc(Br)s1. The molecule has 3 heterocycles. The van der Waals surface area contributed by atoms with Crippen molar-refractivity contribution in [3.8, 4) is 0 Å². The van der Waals surface area contributed by atoms with Crippen LogP contribution in [0, 0.1) is 0 Å². The number of carbonyl (C=O) groups excluding carboxylic acids is 2. The molecule has 1 aliphatic heterocycles. The standard InChI is InChI=1S/C20H18BrClN2O2S2.2ClH/c21-17-6-5-16(27-17)14(25)7-8-23-9-11-24(12-10-23)20(26)19-18(22)13-3-1-2-4-15(13)28-19;;/h1-6H,7-12H2;2*1H. The molecule has 4 rings (SSSR count). The summed E-state index contributed by atoms with van der Waals surface area (Å²) in [5.74, 6) is 0.177. The Balaban J connectivity index is 0.00000160. The van der Waals surface area contributed by atoms with Gasteiger partial charge in [0.05, 0.1) is 13.7 Å². The highest BCUT2D eigenvalue weighted by Gasteiger charge is 2.26. The number of amides is 1. The van der Waals surface area contributed by atoms with Crippen molar-refractivity contribution in [2.45, 2.75) is 6.42 Å². The number of thiophene rings is 2. The minimum absolute atomic E-state index is 0. The second-order valence-corrected chi connectivity index (χ2v) is 10.5. The summed E-state index contributed by atoms with van der Waals surface area (Å²) in [6.07, 6.45) is 0.503. The summed E-state index contributed by atoms with van der Waals surface area (Å²) in [6, 6.07) is 11.6. The molecule has 10 heteroatoms. The zero-order chi connectivity index (χ0) is 19.7. The fraction of sp³-hybridized carbons (Fsp3) is 0.300. The monoisotopic (exact) mass is 568 g/mol. The van der Waals surface area contributed by atoms with Gasteiger partial charge in [-0.2, -0.15) is 0 Å². The van der Waals surface area contributed by atoms with E-state index in [1.807, 2.05) is 41.3 Å². The molecule has 4 nitrogen and oxygen atoms in total. The van der Waals surface area contributed by atoms with Crippen LogP contribution >= 0.6 is 75.0 Å². The van der Waals surface area contributed by atoms with Crippen molar-refractivity contribution in [2.24, 2.45) is 0 Å². The molecular formula is C20H20BrCl3N2O2S2. The maximum atomic E-state index is 12.9. The fourth-order valence-corrected chi connectivity index (χ4v) is 6.15. The van der Waals surface area contributed by atoms with Gasteiger partial charge in [0.1, 0.15) is 4.88 Å². The number of carbonyl (C=O) groups is 2. The summed E-state index contributed by atoms with van der Waals surface area (Å²) in [6.45, 7) is 3.58. The molecule has 1 aromatic carbocycles. The van der Waals surface area contributed by atoms with Gasteiger partial charge in [0.2, 0.25) is 0 Å². The summed E-state index contributed by atoms with van der Waals surface area (Å²) >= 11 is 12.8. The molecule has 0 unspecified atom stereocenters. The van der Waals surface area contributed by atoms with Crippen LogP contribution in [0.5, 0.6) is 0 Å². The van der Waals surface area contributed by atoms with E-state index in [4.69, 9.17) is 11.6 Å². The first-order chi connectivity index (χ1) is 13.5. The van der Waals surface area contributed by atoms with Crippen molar-refractivity contribution in [3.63, 3.8) is 0 Å². The van der Waals surface area contributed by atoms with Crippen molar-refractivity contribution in [2.75, 3.05) is 32.7 Å². The van der Waals surface area contributed by atoms with Gasteiger partial charge in [0.25, 0.3) is 5.91 Å². The molecule has 1 aliphatic rings. The van der Waals surface area contributed by atoms with Crippen LogP contribution in [0.15, 0.2) is 40.2 Å². The van der Waals surface area contributed by atoms with Crippen LogP contribution < -0.4 is 0 Å². The average molecular weight is 571 g/mol. The van der Waals surface area contributed by atoms with Crippen molar-refractivity contribution in [1.29, 1.82) is 0 Å². The van der Waals surface area contributed by atoms with Gasteiger partial charge in [-0.1, -0.05) is 29.8 Å². The molecular weight excluding hydrogens is 551 g/mol. The minimum Gasteiger partial charge on any atom is -0.335 e. The summed E-state index contributed by atoms with van der Waals surface area (Å²) in [5, 5.41) is 1.50. The van der Waals surface area contributed by atoms with Gasteiger partial charge in [0.15, 0.2) is 5.78 Å². The first-order valence-corrected chi connectivity index (χ1v) is 11.8. The van der Waals surface area contributed by atoms with E-state index >= 15 is 0 Å². The smallest absolute Gasteiger partial charge is 0.265 e. The van der Waals surface area contributed by atoms with Gasteiger partial charge in [0, 0.05) is 49.2 Å². The second-order valence-electron chi connectivity index (χ2n) is 6.65. The van der Waals surface area contributed by atoms with Crippen LogP contribution in [-0.4, -0.2) is 54.2 Å². The summed E-state index contributed by atoms with van der Waals surface area (Å²) < 4.78 is 2.01. The molecule has 0 atom stereocenters. The molecule has 1 amide bonds. The Bertz CT molecular complexity index is 1030. The molecule has 0 aliphatic carbocycles. The Morgan fingerprint density at radius 3 is 2.33 bits per heavy atom. The van der Waals surface area contributed by atoms with Crippen molar-refractivity contribution >= 4 is 96.8 Å². The van der Waals surface area contributed by atoms with E-state index < -0.39 is 0 Å². The van der Waals surface area contributed by atoms with Crippen LogP contribution in [0.4, 0.5) is 0 Å². The van der Waals surface area contributed by atoms with Gasteiger partial charge < -0.3 is 4.90 Å². The number of halogens is 4. The molecule has 30 heavy (non-hydrogen) atoms. The number of piperazine rings is 1. The van der Waals surface area contributed by atoms with Crippen LogP contribution in [-0.2, 0) is 0 Å². The third-order valence-electron chi connectivity index (χ3n) is 4.89. The van der Waals surface area contributed by atoms with E-state index in [2.05, 4.69) is 20.8 Å². The third kappa shape index (κ3) is 5.57. The maximum absolute atomic E-state index is 12.9. The van der Waals surface area contributed by atoms with Crippen LogP contribution in [0.2, 0.25) is 5.02 Å². The largest absolute Gasteiger partial charge is 0.335 e. The Hall–Kier alpha value is -0.670. The van der Waals surface area contributed by atoms with E-state index in [9.17, 15) is 9.59 Å². The summed E-state index contributed by atoms with van der Waals surface area (Å²) in [5.41, 5.74) is 0. The number of hydrogen-bond acceptors (Lipinski definition) is 5. The molecule has 0 spiro atoms. The lowest BCUT2D eigenvalue weighted by molar-refractivity contribution is 0.0633. The quantitative estimate of drug-likeness (QED) is 0.341.